The fourth-order valence-electron chi connectivity index (χ4n) is 3.17. The number of halogens is 2. The van der Waals surface area contributed by atoms with Gasteiger partial charge in [0.05, 0.1) is 11.9 Å². The Bertz CT molecular complexity index is 993. The van der Waals surface area contributed by atoms with Crippen LogP contribution in [0.4, 0.5) is 14.5 Å². The summed E-state index contributed by atoms with van der Waals surface area (Å²) in [7, 11) is -3.91. The van der Waals surface area contributed by atoms with Crippen LogP contribution in [0.15, 0.2) is 36.4 Å². The van der Waals surface area contributed by atoms with Crippen LogP contribution in [0, 0.1) is 11.6 Å². The lowest BCUT2D eigenvalue weighted by Crippen LogP contribution is -2.47. The van der Waals surface area contributed by atoms with Gasteiger partial charge in [-0.3, -0.25) is 9.10 Å². The van der Waals surface area contributed by atoms with Crippen LogP contribution in [0.3, 0.4) is 0 Å². The SMILES string of the molecule is CCc1ccc(CC)c(CNC(=O)C(C)N(c2ccc(F)c(F)c2)S(C)(=O)=O)c1. The molecule has 0 aliphatic rings. The van der Waals surface area contributed by atoms with Crippen LogP contribution in [-0.4, -0.2) is 26.6 Å². The van der Waals surface area contributed by atoms with Gasteiger partial charge in [0.25, 0.3) is 0 Å². The second-order valence-corrected chi connectivity index (χ2v) is 8.72. The van der Waals surface area contributed by atoms with Gasteiger partial charge in [-0.15, -0.1) is 0 Å². The lowest BCUT2D eigenvalue weighted by Gasteiger charge is -2.28. The number of hydrogen-bond acceptors (Lipinski definition) is 3. The number of nitrogens with zero attached hydrogens (tertiary/aromatic N) is 1. The average molecular weight is 425 g/mol. The van der Waals surface area contributed by atoms with Crippen LogP contribution in [-0.2, 0) is 34.2 Å². The summed E-state index contributed by atoms with van der Waals surface area (Å²) in [6, 6.07) is 7.66. The molecule has 0 aromatic heterocycles. The van der Waals surface area contributed by atoms with Gasteiger partial charge in [0.15, 0.2) is 11.6 Å². The van der Waals surface area contributed by atoms with Crippen LogP contribution in [0.2, 0.25) is 0 Å². The fraction of sp³-hybridized carbons (Fsp3) is 0.381. The van der Waals surface area contributed by atoms with Gasteiger partial charge in [0.2, 0.25) is 15.9 Å². The molecule has 1 N–H and O–H groups in total. The van der Waals surface area contributed by atoms with E-state index >= 15 is 0 Å². The van der Waals surface area contributed by atoms with Crippen molar-refractivity contribution in [1.29, 1.82) is 0 Å². The van der Waals surface area contributed by atoms with Crippen LogP contribution in [0.25, 0.3) is 0 Å². The predicted octanol–water partition coefficient (Wildman–Crippen LogP) is 3.56. The molecule has 0 saturated carbocycles. The van der Waals surface area contributed by atoms with Crippen LogP contribution in [0.1, 0.15) is 37.5 Å². The molecule has 2 rings (SSSR count). The Morgan fingerprint density at radius 3 is 2.28 bits per heavy atom. The number of amides is 1. The maximum atomic E-state index is 13.6. The second kappa shape index (κ2) is 9.35. The Balaban J connectivity index is 2.25. The summed E-state index contributed by atoms with van der Waals surface area (Å²) in [5, 5.41) is 2.76. The highest BCUT2D eigenvalue weighted by atomic mass is 32.2. The van der Waals surface area contributed by atoms with Gasteiger partial charge < -0.3 is 5.32 Å². The van der Waals surface area contributed by atoms with Gasteiger partial charge in [-0.1, -0.05) is 32.0 Å². The third-order valence-electron chi connectivity index (χ3n) is 4.76. The van der Waals surface area contributed by atoms with E-state index in [0.29, 0.717) is 0 Å². The van der Waals surface area contributed by atoms with Gasteiger partial charge in [0.1, 0.15) is 6.04 Å². The molecule has 29 heavy (non-hydrogen) atoms. The first-order valence-corrected chi connectivity index (χ1v) is 11.3. The Morgan fingerprint density at radius 2 is 1.72 bits per heavy atom. The molecule has 2 aromatic rings. The lowest BCUT2D eigenvalue weighted by molar-refractivity contribution is -0.122. The highest BCUT2D eigenvalue weighted by Gasteiger charge is 2.29. The number of benzene rings is 2. The minimum absolute atomic E-state index is 0.115. The molecule has 1 atom stereocenters. The monoisotopic (exact) mass is 424 g/mol. The van der Waals surface area contributed by atoms with Gasteiger partial charge in [-0.2, -0.15) is 0 Å². The first-order valence-electron chi connectivity index (χ1n) is 9.41. The van der Waals surface area contributed by atoms with E-state index in [4.69, 9.17) is 0 Å². The quantitative estimate of drug-likeness (QED) is 0.705. The number of hydrogen-bond donors (Lipinski definition) is 1. The number of carbonyl (C=O) groups is 1. The van der Waals surface area contributed by atoms with E-state index in [1.54, 1.807) is 0 Å². The molecule has 0 saturated heterocycles. The van der Waals surface area contributed by atoms with Crippen LogP contribution >= 0.6 is 0 Å². The molecule has 0 radical (unpaired) electrons. The van der Waals surface area contributed by atoms with E-state index < -0.39 is 33.6 Å². The van der Waals surface area contributed by atoms with Crippen molar-refractivity contribution in [3.8, 4) is 0 Å². The molecule has 0 aliphatic carbocycles. The summed E-state index contributed by atoms with van der Waals surface area (Å²) in [6.07, 6.45) is 2.58. The number of rotatable bonds is 8. The second-order valence-electron chi connectivity index (χ2n) is 6.86. The summed E-state index contributed by atoms with van der Waals surface area (Å²) < 4.78 is 52.2. The molecule has 1 unspecified atom stereocenters. The van der Waals surface area contributed by atoms with E-state index in [1.165, 1.54) is 6.92 Å². The fourth-order valence-corrected chi connectivity index (χ4v) is 4.34. The van der Waals surface area contributed by atoms with Gasteiger partial charge >= 0.3 is 0 Å². The third kappa shape index (κ3) is 5.53. The third-order valence-corrected chi connectivity index (χ3v) is 6.00. The molecule has 0 fully saturated rings. The van der Waals surface area contributed by atoms with Crippen molar-refractivity contribution in [3.05, 3.63) is 64.7 Å². The van der Waals surface area contributed by atoms with Crippen molar-refractivity contribution in [2.75, 3.05) is 10.6 Å². The van der Waals surface area contributed by atoms with Crippen molar-refractivity contribution in [2.45, 2.75) is 46.2 Å². The maximum Gasteiger partial charge on any atom is 0.243 e. The van der Waals surface area contributed by atoms with E-state index in [2.05, 4.69) is 5.32 Å². The van der Waals surface area contributed by atoms with Gasteiger partial charge in [-0.05, 0) is 48.6 Å². The zero-order valence-corrected chi connectivity index (χ0v) is 17.8. The van der Waals surface area contributed by atoms with Crippen molar-refractivity contribution < 1.29 is 22.0 Å². The van der Waals surface area contributed by atoms with Crippen molar-refractivity contribution in [3.63, 3.8) is 0 Å². The molecular weight excluding hydrogens is 398 g/mol. The number of aryl methyl sites for hydroxylation is 2. The van der Waals surface area contributed by atoms with Crippen molar-refractivity contribution in [2.24, 2.45) is 0 Å². The molecule has 5 nitrogen and oxygen atoms in total. The molecule has 8 heteroatoms. The summed E-state index contributed by atoms with van der Waals surface area (Å²) in [4.78, 5) is 12.7. The van der Waals surface area contributed by atoms with E-state index in [-0.39, 0.29) is 12.2 Å². The van der Waals surface area contributed by atoms with Crippen LogP contribution < -0.4 is 9.62 Å². The Kier molecular flexibility index (Phi) is 7.35. The molecule has 0 bridgehead atoms. The Morgan fingerprint density at radius 1 is 1.03 bits per heavy atom. The topological polar surface area (TPSA) is 66.5 Å². The number of carbonyl (C=O) groups excluding carboxylic acids is 1. The van der Waals surface area contributed by atoms with Crippen molar-refractivity contribution in [1.82, 2.24) is 5.32 Å². The summed E-state index contributed by atoms with van der Waals surface area (Å²) in [5.41, 5.74) is 3.08. The van der Waals surface area contributed by atoms with E-state index in [9.17, 15) is 22.0 Å². The summed E-state index contributed by atoms with van der Waals surface area (Å²) in [6.45, 7) is 5.71. The summed E-state index contributed by atoms with van der Waals surface area (Å²) in [5.74, 6) is -2.82. The molecule has 2 aromatic carbocycles. The minimum atomic E-state index is -3.91. The molecule has 0 spiro atoms. The van der Waals surface area contributed by atoms with Crippen molar-refractivity contribution >= 4 is 21.6 Å². The molecular formula is C21H26F2N2O3S. The van der Waals surface area contributed by atoms with Gasteiger partial charge in [0, 0.05) is 12.6 Å². The highest BCUT2D eigenvalue weighted by Crippen LogP contribution is 2.23. The van der Waals surface area contributed by atoms with E-state index in [1.807, 2.05) is 32.0 Å². The average Bonchev–Trinajstić information content (AvgIpc) is 2.67. The number of anilines is 1. The standard InChI is InChI=1S/C21H26F2N2O3S/c1-5-15-7-8-16(6-2)17(11-15)13-24-21(26)14(3)25(29(4,27)28)18-9-10-19(22)20(23)12-18/h7-12,14H,5-6,13H2,1-4H3,(H,24,26). The zero-order chi connectivity index (χ0) is 21.8. The molecule has 0 heterocycles. The lowest BCUT2D eigenvalue weighted by atomic mass is 10.0. The Hall–Kier alpha value is -2.48. The summed E-state index contributed by atoms with van der Waals surface area (Å²) >= 11 is 0. The largest absolute Gasteiger partial charge is 0.350 e. The zero-order valence-electron chi connectivity index (χ0n) is 17.0. The first kappa shape index (κ1) is 22.8. The minimum Gasteiger partial charge on any atom is -0.350 e. The first-order chi connectivity index (χ1) is 13.6. The predicted molar refractivity (Wildman–Crippen MR) is 110 cm³/mol. The normalized spacial score (nSPS) is 12.5. The Labute approximate surface area is 170 Å². The number of sulfonamides is 1. The smallest absolute Gasteiger partial charge is 0.243 e. The maximum absolute atomic E-state index is 13.6. The highest BCUT2D eigenvalue weighted by molar-refractivity contribution is 7.92. The van der Waals surface area contributed by atoms with Gasteiger partial charge in [-0.25, -0.2) is 17.2 Å². The van der Waals surface area contributed by atoms with Crippen LogP contribution in [0.5, 0.6) is 0 Å². The van der Waals surface area contributed by atoms with E-state index in [0.717, 1.165) is 58.3 Å². The molecule has 0 aliphatic heterocycles. The number of nitrogens with one attached hydrogen (secondary N) is 1. The molecule has 158 valence electrons. The molecule has 1 amide bonds.